The molecule has 3 heterocycles. The lowest BCUT2D eigenvalue weighted by Gasteiger charge is -2.22. The van der Waals surface area contributed by atoms with Gasteiger partial charge in [-0.05, 0) is 50.1 Å². The van der Waals surface area contributed by atoms with Gasteiger partial charge >= 0.3 is 0 Å². The Morgan fingerprint density at radius 2 is 1.89 bits per heavy atom. The quantitative estimate of drug-likeness (QED) is 0.339. The summed E-state index contributed by atoms with van der Waals surface area (Å²) in [5.41, 5.74) is 6.93. The SMILES string of the molecule is C=Cc1nn(-c2cnc(CC)nc2CC)c(C)c1C(Nc1cc(C)c(=O)n(C)c1)c1ccc(Cl)cc1. The second-order valence-corrected chi connectivity index (χ2v) is 9.22. The zero-order valence-corrected chi connectivity index (χ0v) is 22.1. The van der Waals surface area contributed by atoms with E-state index in [0.29, 0.717) is 10.6 Å². The molecule has 0 bridgehead atoms. The monoisotopic (exact) mass is 502 g/mol. The van der Waals surface area contributed by atoms with Crippen LogP contribution in [0.1, 0.15) is 59.5 Å². The van der Waals surface area contributed by atoms with Crippen LogP contribution in [-0.2, 0) is 19.9 Å². The second kappa shape index (κ2) is 10.5. The van der Waals surface area contributed by atoms with Crippen LogP contribution in [-0.4, -0.2) is 24.3 Å². The number of halogens is 1. The van der Waals surface area contributed by atoms with E-state index in [0.717, 1.165) is 58.2 Å². The zero-order valence-electron chi connectivity index (χ0n) is 21.3. The van der Waals surface area contributed by atoms with Gasteiger partial charge in [0.2, 0.25) is 0 Å². The number of pyridine rings is 1. The van der Waals surface area contributed by atoms with Gasteiger partial charge in [-0.1, -0.05) is 44.2 Å². The highest BCUT2D eigenvalue weighted by Crippen LogP contribution is 2.34. The maximum absolute atomic E-state index is 12.3. The van der Waals surface area contributed by atoms with Crippen LogP contribution in [0.15, 0.2) is 54.1 Å². The molecule has 8 heteroatoms. The first kappa shape index (κ1) is 25.4. The van der Waals surface area contributed by atoms with Crippen LogP contribution in [0, 0.1) is 13.8 Å². The van der Waals surface area contributed by atoms with Crippen LogP contribution >= 0.6 is 11.6 Å². The fourth-order valence-electron chi connectivity index (χ4n) is 4.44. The van der Waals surface area contributed by atoms with Crippen LogP contribution in [0.2, 0.25) is 5.02 Å². The molecular weight excluding hydrogens is 472 g/mol. The van der Waals surface area contributed by atoms with E-state index in [9.17, 15) is 4.79 Å². The Labute approximate surface area is 216 Å². The largest absolute Gasteiger partial charge is 0.373 e. The van der Waals surface area contributed by atoms with Gasteiger partial charge in [0.1, 0.15) is 11.5 Å². The summed E-state index contributed by atoms with van der Waals surface area (Å²) >= 11 is 6.21. The van der Waals surface area contributed by atoms with E-state index in [2.05, 4.69) is 23.8 Å². The third kappa shape index (κ3) is 4.84. The lowest BCUT2D eigenvalue weighted by Crippen LogP contribution is -2.21. The van der Waals surface area contributed by atoms with Crippen molar-refractivity contribution in [3.8, 4) is 5.69 Å². The molecule has 0 aliphatic heterocycles. The Morgan fingerprint density at radius 3 is 2.50 bits per heavy atom. The Hall–Kier alpha value is -3.71. The minimum atomic E-state index is -0.276. The molecule has 0 fully saturated rings. The average molecular weight is 503 g/mol. The summed E-state index contributed by atoms with van der Waals surface area (Å²) in [6.45, 7) is 12.0. The van der Waals surface area contributed by atoms with Crippen molar-refractivity contribution in [1.29, 1.82) is 0 Å². The van der Waals surface area contributed by atoms with Crippen molar-refractivity contribution in [2.75, 3.05) is 5.32 Å². The highest BCUT2D eigenvalue weighted by atomic mass is 35.5. The van der Waals surface area contributed by atoms with Crippen LogP contribution in [0.25, 0.3) is 11.8 Å². The third-order valence-electron chi connectivity index (χ3n) is 6.32. The van der Waals surface area contributed by atoms with Crippen LogP contribution in [0.5, 0.6) is 0 Å². The van der Waals surface area contributed by atoms with E-state index in [4.69, 9.17) is 21.7 Å². The number of aryl methyl sites for hydroxylation is 4. The topological polar surface area (TPSA) is 77.6 Å². The van der Waals surface area contributed by atoms with Crippen molar-refractivity contribution in [2.45, 2.75) is 46.6 Å². The molecule has 1 atom stereocenters. The normalized spacial score (nSPS) is 11.9. The second-order valence-electron chi connectivity index (χ2n) is 8.78. The van der Waals surface area contributed by atoms with E-state index in [1.165, 1.54) is 0 Å². The lowest BCUT2D eigenvalue weighted by atomic mass is 9.96. The first-order valence-electron chi connectivity index (χ1n) is 12.0. The summed E-state index contributed by atoms with van der Waals surface area (Å²) in [7, 11) is 1.75. The molecule has 186 valence electrons. The average Bonchev–Trinajstić information content (AvgIpc) is 3.21. The number of anilines is 1. The molecule has 0 amide bonds. The molecule has 0 aliphatic rings. The summed E-state index contributed by atoms with van der Waals surface area (Å²) in [5.74, 6) is 0.815. The van der Waals surface area contributed by atoms with Crippen LogP contribution in [0.4, 0.5) is 5.69 Å². The molecule has 36 heavy (non-hydrogen) atoms. The molecule has 0 aliphatic carbocycles. The minimum Gasteiger partial charge on any atom is -0.373 e. The molecular formula is C28H31ClN6O. The predicted octanol–water partition coefficient (Wildman–Crippen LogP) is 5.60. The van der Waals surface area contributed by atoms with Gasteiger partial charge in [-0.3, -0.25) is 4.79 Å². The standard InChI is InChI=1S/C28H31ClN6O/c1-7-22-24(15-30-25(9-3)32-22)35-18(5)26(23(8-2)33-35)27(19-10-12-20(29)13-11-19)31-21-14-17(4)28(36)34(6)16-21/h8,10-16,27,31H,2,7,9H2,1,3-6H3. The van der Waals surface area contributed by atoms with Gasteiger partial charge in [0.05, 0.1) is 29.3 Å². The van der Waals surface area contributed by atoms with E-state index < -0.39 is 0 Å². The van der Waals surface area contributed by atoms with Crippen LogP contribution < -0.4 is 10.9 Å². The maximum Gasteiger partial charge on any atom is 0.253 e. The highest BCUT2D eigenvalue weighted by molar-refractivity contribution is 6.30. The first-order valence-corrected chi connectivity index (χ1v) is 12.4. The van der Waals surface area contributed by atoms with Crippen molar-refractivity contribution in [3.05, 3.63) is 104 Å². The summed E-state index contributed by atoms with van der Waals surface area (Å²) in [5, 5.41) is 9.21. The van der Waals surface area contributed by atoms with Crippen LogP contribution in [0.3, 0.4) is 0 Å². The van der Waals surface area contributed by atoms with Gasteiger partial charge in [0.15, 0.2) is 0 Å². The maximum atomic E-state index is 12.3. The summed E-state index contributed by atoms with van der Waals surface area (Å²) in [4.78, 5) is 21.6. The number of hydrogen-bond acceptors (Lipinski definition) is 5. The lowest BCUT2D eigenvalue weighted by molar-refractivity contribution is 0.784. The molecule has 7 nitrogen and oxygen atoms in total. The van der Waals surface area contributed by atoms with Gasteiger partial charge in [-0.2, -0.15) is 5.10 Å². The summed E-state index contributed by atoms with van der Waals surface area (Å²) < 4.78 is 3.49. The predicted molar refractivity (Wildman–Crippen MR) is 146 cm³/mol. The van der Waals surface area contributed by atoms with Gasteiger partial charge < -0.3 is 9.88 Å². The van der Waals surface area contributed by atoms with E-state index >= 15 is 0 Å². The molecule has 1 N–H and O–H groups in total. The molecule has 4 aromatic rings. The van der Waals surface area contributed by atoms with Gasteiger partial charge in [0, 0.05) is 41.5 Å². The Bertz CT molecular complexity index is 1440. The molecule has 4 rings (SSSR count). The number of hydrogen-bond donors (Lipinski definition) is 1. The van der Waals surface area contributed by atoms with Crippen molar-refractivity contribution < 1.29 is 0 Å². The first-order chi connectivity index (χ1) is 17.3. The number of nitrogens with zero attached hydrogens (tertiary/aromatic N) is 5. The highest BCUT2D eigenvalue weighted by Gasteiger charge is 2.25. The van der Waals surface area contributed by atoms with Crippen molar-refractivity contribution in [3.63, 3.8) is 0 Å². The molecule has 0 saturated heterocycles. The smallest absolute Gasteiger partial charge is 0.253 e. The summed E-state index contributed by atoms with van der Waals surface area (Å²) in [6.07, 6.45) is 6.96. The Morgan fingerprint density at radius 1 is 1.17 bits per heavy atom. The number of aromatic nitrogens is 5. The van der Waals surface area contributed by atoms with Crippen molar-refractivity contribution in [2.24, 2.45) is 7.05 Å². The minimum absolute atomic E-state index is 0.0259. The molecule has 0 radical (unpaired) electrons. The van der Waals surface area contributed by atoms with E-state index in [1.54, 1.807) is 23.9 Å². The van der Waals surface area contributed by atoms with E-state index in [-0.39, 0.29) is 11.6 Å². The van der Waals surface area contributed by atoms with Gasteiger partial charge in [-0.25, -0.2) is 14.6 Å². The molecule has 3 aromatic heterocycles. The van der Waals surface area contributed by atoms with Gasteiger partial charge in [-0.15, -0.1) is 0 Å². The fraction of sp³-hybridized carbons (Fsp3) is 0.286. The van der Waals surface area contributed by atoms with E-state index in [1.807, 2.05) is 62.0 Å². The van der Waals surface area contributed by atoms with Gasteiger partial charge in [0.25, 0.3) is 5.56 Å². The molecule has 0 saturated carbocycles. The molecule has 1 aromatic carbocycles. The Kier molecular flexibility index (Phi) is 7.40. The third-order valence-corrected chi connectivity index (χ3v) is 6.58. The molecule has 0 spiro atoms. The van der Waals surface area contributed by atoms with Crippen molar-refractivity contribution >= 4 is 23.4 Å². The Balaban J connectivity index is 1.91. The fourth-order valence-corrected chi connectivity index (χ4v) is 4.56. The number of benzene rings is 1. The molecule has 1 unspecified atom stereocenters. The number of rotatable bonds is 8. The van der Waals surface area contributed by atoms with Crippen molar-refractivity contribution in [1.82, 2.24) is 24.3 Å². The zero-order chi connectivity index (χ0) is 26.0. The summed E-state index contributed by atoms with van der Waals surface area (Å²) in [6, 6.07) is 9.33. The number of nitrogens with one attached hydrogen (secondary N) is 1.